The molecule has 3 N–H and O–H groups in total. The van der Waals surface area contributed by atoms with Crippen molar-refractivity contribution in [2.75, 3.05) is 46.2 Å². The molecule has 3 aromatic carbocycles. The van der Waals surface area contributed by atoms with Crippen molar-refractivity contribution in [1.82, 2.24) is 4.90 Å². The number of carbonyl (C=O) groups is 1. The number of hydrogen-bond donors (Lipinski definition) is 3. The zero-order chi connectivity index (χ0) is 46.6. The topological polar surface area (TPSA) is 192 Å². The van der Waals surface area contributed by atoms with Gasteiger partial charge in [0, 0.05) is 55.4 Å². The van der Waals surface area contributed by atoms with Gasteiger partial charge < -0.3 is 43.8 Å². The van der Waals surface area contributed by atoms with E-state index >= 15 is 0 Å². The summed E-state index contributed by atoms with van der Waals surface area (Å²) in [6, 6.07) is 16.1. The van der Waals surface area contributed by atoms with E-state index in [9.17, 15) is 34.6 Å². The summed E-state index contributed by atoms with van der Waals surface area (Å²) >= 11 is 0. The lowest BCUT2D eigenvalue weighted by molar-refractivity contribution is -0.384. The first-order valence-corrected chi connectivity index (χ1v) is 22.4. The molecule has 0 bridgehead atoms. The van der Waals surface area contributed by atoms with Crippen LogP contribution in [-0.2, 0) is 20.9 Å². The Kier molecular flexibility index (Phi) is 17.1. The first kappa shape index (κ1) is 49.1. The van der Waals surface area contributed by atoms with Gasteiger partial charge >= 0.3 is 6.09 Å². The lowest BCUT2D eigenvalue weighted by atomic mass is 9.55. The maximum absolute atomic E-state index is 14.8. The third-order valence-corrected chi connectivity index (χ3v) is 12.0. The van der Waals surface area contributed by atoms with Gasteiger partial charge in [-0.3, -0.25) is 15.0 Å². The first-order valence-electron chi connectivity index (χ1n) is 22.4. The zero-order valence-corrected chi connectivity index (χ0v) is 37.4. The van der Waals surface area contributed by atoms with E-state index in [2.05, 4.69) is 12.7 Å². The maximum Gasteiger partial charge on any atom is 0.415 e. The van der Waals surface area contributed by atoms with Crippen LogP contribution in [0.1, 0.15) is 82.8 Å². The highest BCUT2D eigenvalue weighted by Gasteiger charge is 2.65. The minimum Gasteiger partial charge on any atom is -0.489 e. The van der Waals surface area contributed by atoms with Gasteiger partial charge in [-0.2, -0.15) is 0 Å². The summed E-state index contributed by atoms with van der Waals surface area (Å²) in [6.45, 7) is 9.39. The number of allylic oxidation sites excluding steroid dienone is 1. The Morgan fingerprint density at radius 2 is 1.72 bits per heavy atom. The van der Waals surface area contributed by atoms with Crippen LogP contribution in [0.15, 0.2) is 96.2 Å². The van der Waals surface area contributed by atoms with Crippen molar-refractivity contribution >= 4 is 17.5 Å². The summed E-state index contributed by atoms with van der Waals surface area (Å²) in [5.74, 6) is -2.13. The molecule has 0 unspecified atom stereocenters. The predicted octanol–water partition coefficient (Wildman–Crippen LogP) is 8.25. The normalized spacial score (nSPS) is 22.8. The van der Waals surface area contributed by atoms with Crippen molar-refractivity contribution in [3.63, 3.8) is 0 Å². The standard InChI is InChI=1S/C49H62FN3O12/c1-5-26-62-49-44(52(22-27-60-28-25-56)47(57)63-36-18-16-35(17-19-36)53(58)59)31-42(51-65-48(2,3)4)39-29-33(12-8-10-23-54)38(14-9-11-24-55)45(46(39)49)40-30-37(20-21-43(40)64-49)61-32-34-13-6-7-15-41(34)50/h5-7,13,15-21,29-30,33,38,44-46,54-56H,1,8-12,14,22-28,31-32H2,2-4H3/t33-,38+,44-,45+,46+,49+/m0/s1. The van der Waals surface area contributed by atoms with Crippen LogP contribution in [0.3, 0.4) is 0 Å². The smallest absolute Gasteiger partial charge is 0.415 e. The number of nitro groups is 1. The van der Waals surface area contributed by atoms with E-state index in [0.717, 1.165) is 24.0 Å². The van der Waals surface area contributed by atoms with Crippen LogP contribution >= 0.6 is 0 Å². The second kappa shape index (κ2) is 22.7. The number of halogens is 1. The van der Waals surface area contributed by atoms with Crippen molar-refractivity contribution in [1.29, 1.82) is 0 Å². The Morgan fingerprint density at radius 3 is 2.40 bits per heavy atom. The molecule has 1 heterocycles. The summed E-state index contributed by atoms with van der Waals surface area (Å²) in [6.07, 6.45) is 7.16. The van der Waals surface area contributed by atoms with E-state index < -0.39 is 34.4 Å². The highest BCUT2D eigenvalue weighted by molar-refractivity contribution is 6.03. The minimum absolute atomic E-state index is 0.0100. The fourth-order valence-electron chi connectivity index (χ4n) is 9.21. The molecule has 352 valence electrons. The van der Waals surface area contributed by atoms with Gasteiger partial charge in [0.2, 0.25) is 5.79 Å². The molecule has 15 nitrogen and oxygen atoms in total. The van der Waals surface area contributed by atoms with Crippen molar-refractivity contribution < 1.29 is 57.9 Å². The van der Waals surface area contributed by atoms with E-state index in [1.54, 1.807) is 36.4 Å². The molecule has 6 atom stereocenters. The molecule has 3 aromatic rings. The van der Waals surface area contributed by atoms with Gasteiger partial charge in [0.1, 0.15) is 41.3 Å². The monoisotopic (exact) mass is 903 g/mol. The van der Waals surface area contributed by atoms with Gasteiger partial charge in [-0.1, -0.05) is 48.3 Å². The zero-order valence-electron chi connectivity index (χ0n) is 37.4. The number of oxime groups is 1. The molecule has 2 aliphatic carbocycles. The second-order valence-electron chi connectivity index (χ2n) is 17.5. The first-order chi connectivity index (χ1) is 31.3. The van der Waals surface area contributed by atoms with Gasteiger partial charge in [-0.15, -0.1) is 6.58 Å². The lowest BCUT2D eigenvalue weighted by Gasteiger charge is -2.59. The molecule has 16 heteroatoms. The van der Waals surface area contributed by atoms with Crippen LogP contribution in [0.4, 0.5) is 14.9 Å². The molecule has 1 amide bonds. The Bertz CT molecular complexity index is 2140. The molecular formula is C49H62FN3O12. The predicted molar refractivity (Wildman–Crippen MR) is 240 cm³/mol. The Balaban J connectivity index is 1.57. The average molecular weight is 904 g/mol. The molecule has 0 spiro atoms. The number of hydrogen-bond acceptors (Lipinski definition) is 13. The van der Waals surface area contributed by atoms with Crippen molar-refractivity contribution in [3.05, 3.63) is 118 Å². The number of aliphatic hydroxyl groups is 3. The number of rotatable bonds is 23. The number of unbranched alkanes of at least 4 members (excludes halogenated alkanes) is 2. The number of carbonyl (C=O) groups excluding carboxylic acids is 1. The number of nitrogens with zero attached hydrogens (tertiary/aromatic N) is 3. The summed E-state index contributed by atoms with van der Waals surface area (Å²) in [5.41, 5.74) is 1.70. The van der Waals surface area contributed by atoms with Crippen molar-refractivity contribution in [2.24, 2.45) is 22.9 Å². The van der Waals surface area contributed by atoms with Crippen molar-refractivity contribution in [3.8, 4) is 17.2 Å². The van der Waals surface area contributed by atoms with Crippen LogP contribution in [-0.4, -0.2) is 101 Å². The molecule has 0 radical (unpaired) electrons. The van der Waals surface area contributed by atoms with E-state index in [1.165, 1.54) is 35.2 Å². The fourth-order valence-corrected chi connectivity index (χ4v) is 9.21. The lowest BCUT2D eigenvalue weighted by Crippen LogP contribution is -2.70. The molecular weight excluding hydrogens is 842 g/mol. The molecule has 6 rings (SSSR count). The number of ether oxygens (including phenoxy) is 5. The number of aliphatic hydroxyl groups excluding tert-OH is 3. The quantitative estimate of drug-likeness (QED) is 0.0358. The number of fused-ring (bicyclic) bond motifs is 2. The third kappa shape index (κ3) is 11.9. The van der Waals surface area contributed by atoms with Gasteiger partial charge in [-0.25, -0.2) is 9.18 Å². The van der Waals surface area contributed by atoms with E-state index in [-0.39, 0.29) is 94.2 Å². The summed E-state index contributed by atoms with van der Waals surface area (Å²) in [7, 11) is 0. The Labute approximate surface area is 379 Å². The SMILES string of the molecule is C=CCO[C@@]12Oc3ccc(OCc4ccccc4F)cc3[C@H]3[C@H](CCCCO)[C@@H](CCCCO)C=C(C(=NOC(C)(C)C)C[C@@H]1N(CCOCCO)C(=O)Oc1ccc([N+](=O)[O-])cc1)[C@H]32. The number of nitro benzene ring substituents is 1. The highest BCUT2D eigenvalue weighted by atomic mass is 19.1. The number of benzene rings is 3. The minimum atomic E-state index is -1.63. The fraction of sp³-hybridized carbons (Fsp3) is 0.510. The van der Waals surface area contributed by atoms with E-state index in [1.807, 2.05) is 26.8 Å². The molecule has 65 heavy (non-hydrogen) atoms. The van der Waals surface area contributed by atoms with Gasteiger partial charge in [0.15, 0.2) is 0 Å². The van der Waals surface area contributed by atoms with Gasteiger partial charge in [-0.05, 0) is 100 Å². The molecule has 0 saturated heterocycles. The number of amides is 1. The van der Waals surface area contributed by atoms with Gasteiger partial charge in [0.25, 0.3) is 5.69 Å². The average Bonchev–Trinajstić information content (AvgIpc) is 3.28. The molecule has 1 aliphatic heterocycles. The molecule has 1 fully saturated rings. The van der Waals surface area contributed by atoms with Crippen LogP contribution in [0.25, 0.3) is 0 Å². The molecule has 1 saturated carbocycles. The number of non-ortho nitro benzene ring substituents is 1. The van der Waals surface area contributed by atoms with Crippen molar-refractivity contribution in [2.45, 2.75) is 95.7 Å². The van der Waals surface area contributed by atoms with E-state index in [4.69, 9.17) is 33.7 Å². The molecule has 3 aliphatic rings. The second-order valence-corrected chi connectivity index (χ2v) is 17.5. The van der Waals surface area contributed by atoms with Crippen LogP contribution < -0.4 is 14.2 Å². The van der Waals surface area contributed by atoms with Gasteiger partial charge in [0.05, 0.1) is 43.0 Å². The van der Waals surface area contributed by atoms with Crippen LogP contribution in [0.5, 0.6) is 17.2 Å². The van der Waals surface area contributed by atoms with Crippen LogP contribution in [0.2, 0.25) is 0 Å². The largest absolute Gasteiger partial charge is 0.489 e. The third-order valence-electron chi connectivity index (χ3n) is 12.0. The summed E-state index contributed by atoms with van der Waals surface area (Å²) in [4.78, 5) is 33.3. The molecule has 0 aromatic heterocycles. The van der Waals surface area contributed by atoms with Crippen LogP contribution in [0, 0.1) is 33.7 Å². The van der Waals surface area contributed by atoms with E-state index in [0.29, 0.717) is 48.5 Å². The highest BCUT2D eigenvalue weighted by Crippen LogP contribution is 2.62. The summed E-state index contributed by atoms with van der Waals surface area (Å²) < 4.78 is 47.0. The Hall–Kier alpha value is -5.39. The summed E-state index contributed by atoms with van der Waals surface area (Å²) in [5, 5.41) is 45.7. The maximum atomic E-state index is 14.8. The Morgan fingerprint density at radius 1 is 1.00 bits per heavy atom.